The third-order valence-corrected chi connectivity index (χ3v) is 5.06. The minimum absolute atomic E-state index is 0.0518. The number of halogens is 3. The van der Waals surface area contributed by atoms with Gasteiger partial charge in [0.1, 0.15) is 0 Å². The van der Waals surface area contributed by atoms with Crippen LogP contribution in [0.1, 0.15) is 25.7 Å². The van der Waals surface area contributed by atoms with Crippen LogP contribution in [0.2, 0.25) is 0 Å². The lowest BCUT2D eigenvalue weighted by atomic mass is 9.80. The van der Waals surface area contributed by atoms with E-state index in [0.29, 0.717) is 19.4 Å². The largest absolute Gasteiger partial charge is 0.390 e. The molecule has 3 atom stereocenters. The first-order chi connectivity index (χ1) is 8.44. The van der Waals surface area contributed by atoms with E-state index >= 15 is 0 Å². The number of thioether (sulfide) groups is 1. The van der Waals surface area contributed by atoms with Crippen LogP contribution in [0.15, 0.2) is 0 Å². The second kappa shape index (κ2) is 5.56. The van der Waals surface area contributed by atoms with Crippen molar-refractivity contribution in [2.45, 2.75) is 43.5 Å². The van der Waals surface area contributed by atoms with Crippen LogP contribution in [0.4, 0.5) is 13.2 Å². The predicted octanol–water partition coefficient (Wildman–Crippen LogP) is 2.07. The number of ether oxygens (including phenoxy) is 1. The minimum atomic E-state index is -4.17. The summed E-state index contributed by atoms with van der Waals surface area (Å²) in [6.45, 7) is 0.543. The Morgan fingerprint density at radius 3 is 2.83 bits per heavy atom. The quantitative estimate of drug-likeness (QED) is 0.615. The lowest BCUT2D eigenvalue weighted by molar-refractivity contribution is -0.150. The molecule has 0 radical (unpaired) electrons. The molecule has 2 rings (SSSR count). The second-order valence-electron chi connectivity index (χ2n) is 5.18. The number of nitrogens with one attached hydrogen (secondary N) is 1. The highest BCUT2D eigenvalue weighted by Gasteiger charge is 2.44. The molecule has 2 aliphatic rings. The first-order valence-corrected chi connectivity index (χ1v) is 7.34. The average molecular weight is 284 g/mol. The van der Waals surface area contributed by atoms with Crippen molar-refractivity contribution in [1.29, 1.82) is 0 Å². The molecule has 0 bridgehead atoms. The molecule has 0 aliphatic carbocycles. The van der Waals surface area contributed by atoms with Gasteiger partial charge in [0.2, 0.25) is 0 Å². The van der Waals surface area contributed by atoms with Crippen molar-refractivity contribution in [2.75, 3.05) is 18.1 Å². The summed E-state index contributed by atoms with van der Waals surface area (Å²) < 4.78 is 43.3. The van der Waals surface area contributed by atoms with E-state index in [4.69, 9.17) is 10.6 Å². The molecule has 2 heterocycles. The van der Waals surface area contributed by atoms with Gasteiger partial charge in [-0.15, -0.1) is 0 Å². The fourth-order valence-corrected chi connectivity index (χ4v) is 4.26. The van der Waals surface area contributed by atoms with E-state index in [9.17, 15) is 13.2 Å². The zero-order valence-corrected chi connectivity index (χ0v) is 10.9. The molecule has 0 amide bonds. The number of alkyl halides is 3. The molecule has 18 heavy (non-hydrogen) atoms. The Labute approximate surface area is 109 Å². The molecule has 0 aromatic rings. The number of rotatable bonds is 3. The van der Waals surface area contributed by atoms with Crippen LogP contribution in [-0.2, 0) is 4.74 Å². The first-order valence-electron chi connectivity index (χ1n) is 6.19. The smallest absolute Gasteiger partial charge is 0.374 e. The third-order valence-electron chi connectivity index (χ3n) is 3.83. The van der Waals surface area contributed by atoms with Crippen molar-refractivity contribution in [1.82, 2.24) is 5.43 Å². The van der Waals surface area contributed by atoms with Crippen molar-refractivity contribution in [3.8, 4) is 0 Å². The first kappa shape index (κ1) is 14.4. The molecular weight excluding hydrogens is 265 g/mol. The number of nitrogens with two attached hydrogens (primary N) is 1. The van der Waals surface area contributed by atoms with Crippen molar-refractivity contribution in [2.24, 2.45) is 11.8 Å². The van der Waals surface area contributed by atoms with Gasteiger partial charge in [0, 0.05) is 18.4 Å². The van der Waals surface area contributed by atoms with E-state index in [1.165, 1.54) is 0 Å². The lowest BCUT2D eigenvalue weighted by Gasteiger charge is -2.40. The Bertz CT molecular complexity index is 282. The van der Waals surface area contributed by atoms with Gasteiger partial charge in [-0.2, -0.15) is 24.9 Å². The van der Waals surface area contributed by atoms with E-state index in [1.807, 2.05) is 11.8 Å². The van der Waals surface area contributed by atoms with Gasteiger partial charge in [-0.1, -0.05) is 0 Å². The average Bonchev–Trinajstić information content (AvgIpc) is 2.73. The molecule has 3 N–H and O–H groups in total. The Morgan fingerprint density at radius 1 is 1.50 bits per heavy atom. The van der Waals surface area contributed by atoms with Gasteiger partial charge in [0.25, 0.3) is 0 Å². The summed E-state index contributed by atoms with van der Waals surface area (Å²) >= 11 is 1.82. The van der Waals surface area contributed by atoms with Crippen LogP contribution in [-0.4, -0.2) is 35.9 Å². The fraction of sp³-hybridized carbons (Fsp3) is 1.00. The zero-order valence-electron chi connectivity index (χ0n) is 10.1. The van der Waals surface area contributed by atoms with Crippen molar-refractivity contribution in [3.63, 3.8) is 0 Å². The van der Waals surface area contributed by atoms with Gasteiger partial charge < -0.3 is 4.74 Å². The van der Waals surface area contributed by atoms with Crippen molar-refractivity contribution in [3.05, 3.63) is 0 Å². The highest BCUT2D eigenvalue weighted by molar-refractivity contribution is 7.99. The summed E-state index contributed by atoms with van der Waals surface area (Å²) in [4.78, 5) is 0. The molecule has 2 aliphatic heterocycles. The van der Waals surface area contributed by atoms with Gasteiger partial charge in [0.15, 0.2) is 0 Å². The van der Waals surface area contributed by atoms with Crippen LogP contribution >= 0.6 is 11.8 Å². The molecule has 0 aromatic heterocycles. The molecule has 1 spiro atoms. The fourth-order valence-electron chi connectivity index (χ4n) is 2.88. The summed E-state index contributed by atoms with van der Waals surface area (Å²) in [6.07, 6.45) is -2.76. The maximum atomic E-state index is 12.5. The molecule has 0 saturated carbocycles. The second-order valence-corrected chi connectivity index (χ2v) is 6.28. The van der Waals surface area contributed by atoms with Crippen LogP contribution in [0, 0.1) is 5.92 Å². The number of hydrazine groups is 1. The molecule has 106 valence electrons. The predicted molar refractivity (Wildman–Crippen MR) is 65.1 cm³/mol. The van der Waals surface area contributed by atoms with Crippen LogP contribution in [0.25, 0.3) is 0 Å². The third kappa shape index (κ3) is 3.53. The monoisotopic (exact) mass is 284 g/mol. The Morgan fingerprint density at radius 2 is 2.28 bits per heavy atom. The maximum absolute atomic E-state index is 12.5. The summed E-state index contributed by atoms with van der Waals surface area (Å²) in [5.74, 6) is 7.18. The molecule has 2 fully saturated rings. The lowest BCUT2D eigenvalue weighted by Crippen LogP contribution is -2.50. The highest BCUT2D eigenvalue weighted by atomic mass is 32.2. The van der Waals surface area contributed by atoms with Crippen LogP contribution in [0.5, 0.6) is 0 Å². The molecule has 2 saturated heterocycles. The minimum Gasteiger partial charge on any atom is -0.374 e. The van der Waals surface area contributed by atoms with Crippen molar-refractivity contribution < 1.29 is 17.9 Å². The van der Waals surface area contributed by atoms with E-state index in [-0.39, 0.29) is 11.5 Å². The van der Waals surface area contributed by atoms with E-state index < -0.39 is 18.6 Å². The number of hydrogen-bond donors (Lipinski definition) is 2. The maximum Gasteiger partial charge on any atom is 0.390 e. The molecular formula is C11H19F3N2OS. The highest BCUT2D eigenvalue weighted by Crippen LogP contribution is 2.42. The van der Waals surface area contributed by atoms with E-state index in [2.05, 4.69) is 5.43 Å². The van der Waals surface area contributed by atoms with E-state index in [1.54, 1.807) is 0 Å². The summed E-state index contributed by atoms with van der Waals surface area (Å²) in [7, 11) is 0. The normalized spacial score (nSPS) is 35.0. The standard InChI is InChI=1S/C11H19F3N2OS/c12-11(13,14)6-9(16-15)8-1-3-17-10(5-8)2-4-18-7-10/h8-9,16H,1-7,15H2. The molecule has 0 aromatic carbocycles. The Kier molecular flexibility index (Phi) is 4.46. The molecule has 3 nitrogen and oxygen atoms in total. The zero-order chi connectivity index (χ0) is 13.2. The molecule has 7 heteroatoms. The Hall–Kier alpha value is 0.0200. The van der Waals surface area contributed by atoms with Gasteiger partial charge >= 0.3 is 6.18 Å². The topological polar surface area (TPSA) is 47.3 Å². The number of hydrogen-bond acceptors (Lipinski definition) is 4. The van der Waals surface area contributed by atoms with Crippen LogP contribution in [0.3, 0.4) is 0 Å². The Balaban J connectivity index is 1.98. The van der Waals surface area contributed by atoms with Crippen molar-refractivity contribution >= 4 is 11.8 Å². The van der Waals surface area contributed by atoms with Gasteiger partial charge in [-0.3, -0.25) is 11.3 Å². The molecule has 3 unspecified atom stereocenters. The van der Waals surface area contributed by atoms with Gasteiger partial charge in [0.05, 0.1) is 12.0 Å². The summed E-state index contributed by atoms with van der Waals surface area (Å²) in [5, 5.41) is 0. The summed E-state index contributed by atoms with van der Waals surface area (Å²) in [5.41, 5.74) is 2.15. The van der Waals surface area contributed by atoms with Gasteiger partial charge in [-0.05, 0) is 30.9 Å². The summed E-state index contributed by atoms with van der Waals surface area (Å²) in [6, 6.07) is -0.698. The van der Waals surface area contributed by atoms with Crippen LogP contribution < -0.4 is 11.3 Å². The SMILES string of the molecule is NNC(CC(F)(F)F)C1CCOC2(CCSC2)C1. The van der Waals surface area contributed by atoms with E-state index in [0.717, 1.165) is 17.9 Å². The van der Waals surface area contributed by atoms with Gasteiger partial charge in [-0.25, -0.2) is 0 Å².